The Morgan fingerprint density at radius 2 is 1.81 bits per heavy atom. The molecule has 10 heteroatoms. The summed E-state index contributed by atoms with van der Waals surface area (Å²) >= 11 is 0. The second-order valence-corrected chi connectivity index (χ2v) is 9.65. The Kier molecular flexibility index (Phi) is 7.37. The molecular weight excluding hydrogens is 472 g/mol. The van der Waals surface area contributed by atoms with Gasteiger partial charge in [0, 0.05) is 36.5 Å². The normalized spacial score (nSPS) is 16.2. The molecule has 1 aliphatic rings. The maximum atomic E-state index is 13.5. The van der Waals surface area contributed by atoms with Crippen LogP contribution in [0.3, 0.4) is 0 Å². The van der Waals surface area contributed by atoms with Gasteiger partial charge in [-0.05, 0) is 26.8 Å². The summed E-state index contributed by atoms with van der Waals surface area (Å²) in [6.45, 7) is 5.19. The lowest BCUT2D eigenvalue weighted by molar-refractivity contribution is -0.128. The van der Waals surface area contributed by atoms with Crippen LogP contribution < -0.4 is 15.5 Å². The van der Waals surface area contributed by atoms with Crippen LogP contribution in [0.2, 0.25) is 0 Å². The Morgan fingerprint density at radius 1 is 1.11 bits per heavy atom. The minimum Gasteiger partial charge on any atom is -0.444 e. The van der Waals surface area contributed by atoms with Gasteiger partial charge in [0.05, 0.1) is 17.7 Å². The van der Waals surface area contributed by atoms with E-state index in [-0.39, 0.29) is 6.42 Å². The van der Waals surface area contributed by atoms with Crippen molar-refractivity contribution in [1.82, 2.24) is 20.6 Å². The van der Waals surface area contributed by atoms with Crippen molar-refractivity contribution < 1.29 is 19.1 Å². The third kappa shape index (κ3) is 6.21. The summed E-state index contributed by atoms with van der Waals surface area (Å²) in [5, 5.41) is 5.34. The van der Waals surface area contributed by atoms with Crippen LogP contribution in [0.1, 0.15) is 37.6 Å². The maximum absolute atomic E-state index is 13.5. The van der Waals surface area contributed by atoms with Gasteiger partial charge in [0.1, 0.15) is 11.6 Å². The summed E-state index contributed by atoms with van der Waals surface area (Å²) < 4.78 is 5.34. The SMILES string of the molecule is CN1C(=O)C(NC(=O)C(Cc2cnc[nH]2)NC(=O)OC(C)(C)C)N=C(c2ccccc2)c2ccccc21. The van der Waals surface area contributed by atoms with Gasteiger partial charge in [-0.25, -0.2) is 14.8 Å². The summed E-state index contributed by atoms with van der Waals surface area (Å²) in [5.74, 6) is -1.00. The van der Waals surface area contributed by atoms with E-state index >= 15 is 0 Å². The van der Waals surface area contributed by atoms with Gasteiger partial charge in [-0.15, -0.1) is 0 Å². The molecule has 192 valence electrons. The average molecular weight is 503 g/mol. The molecule has 3 amide bonds. The zero-order valence-corrected chi connectivity index (χ0v) is 21.2. The van der Waals surface area contributed by atoms with Crippen molar-refractivity contribution in [3.05, 3.63) is 83.9 Å². The van der Waals surface area contributed by atoms with E-state index in [4.69, 9.17) is 9.73 Å². The highest BCUT2D eigenvalue weighted by Gasteiger charge is 2.33. The van der Waals surface area contributed by atoms with Gasteiger partial charge in [0.2, 0.25) is 12.1 Å². The van der Waals surface area contributed by atoms with Crippen LogP contribution in [0.15, 0.2) is 72.1 Å². The molecule has 0 radical (unpaired) electrons. The number of imidazole rings is 1. The second kappa shape index (κ2) is 10.7. The van der Waals surface area contributed by atoms with Crippen molar-refractivity contribution in [2.75, 3.05) is 11.9 Å². The average Bonchev–Trinajstić information content (AvgIpc) is 3.34. The third-order valence-corrected chi connectivity index (χ3v) is 5.66. The van der Waals surface area contributed by atoms with Gasteiger partial charge >= 0.3 is 6.09 Å². The number of aliphatic imine (C=N–C) groups is 1. The molecule has 0 spiro atoms. The Labute approximate surface area is 215 Å². The third-order valence-electron chi connectivity index (χ3n) is 5.66. The van der Waals surface area contributed by atoms with Gasteiger partial charge < -0.3 is 25.3 Å². The standard InChI is InChI=1S/C27H30N6O4/c1-27(2,3)37-26(36)30-20(14-18-15-28-16-29-18)24(34)32-23-25(35)33(4)21-13-9-8-12-19(21)22(31-23)17-10-6-5-7-11-17/h5-13,15-16,20,23H,14H2,1-4H3,(H,28,29)(H,30,36)(H,32,34). The monoisotopic (exact) mass is 502 g/mol. The number of rotatable bonds is 6. The molecular formula is C27H30N6O4. The zero-order chi connectivity index (χ0) is 26.6. The summed E-state index contributed by atoms with van der Waals surface area (Å²) in [6, 6.07) is 15.9. The van der Waals surface area contributed by atoms with Crippen molar-refractivity contribution in [3.63, 3.8) is 0 Å². The molecule has 1 aliphatic heterocycles. The first-order valence-electron chi connectivity index (χ1n) is 11.9. The molecule has 2 heterocycles. The number of aromatic nitrogens is 2. The van der Waals surface area contributed by atoms with E-state index in [1.807, 2.05) is 54.6 Å². The smallest absolute Gasteiger partial charge is 0.408 e. The van der Waals surface area contributed by atoms with Crippen LogP contribution in [0.5, 0.6) is 0 Å². The number of alkyl carbamates (subject to hydrolysis) is 1. The van der Waals surface area contributed by atoms with Crippen LogP contribution in [0, 0.1) is 0 Å². The largest absolute Gasteiger partial charge is 0.444 e. The first kappa shape index (κ1) is 25.6. The quantitative estimate of drug-likeness (QED) is 0.477. The van der Waals surface area contributed by atoms with Crippen LogP contribution in [0.4, 0.5) is 10.5 Å². The van der Waals surface area contributed by atoms with E-state index in [1.54, 1.807) is 34.0 Å². The van der Waals surface area contributed by atoms with Gasteiger partial charge in [-0.3, -0.25) is 9.59 Å². The lowest BCUT2D eigenvalue weighted by atomic mass is 10.0. The minimum atomic E-state index is -1.22. The molecule has 37 heavy (non-hydrogen) atoms. The number of fused-ring (bicyclic) bond motifs is 1. The number of ether oxygens (including phenoxy) is 1. The molecule has 4 rings (SSSR count). The number of aromatic amines is 1. The summed E-state index contributed by atoms with van der Waals surface area (Å²) in [6.07, 6.45) is 1.18. The predicted octanol–water partition coefficient (Wildman–Crippen LogP) is 2.80. The second-order valence-electron chi connectivity index (χ2n) is 9.65. The molecule has 0 bridgehead atoms. The molecule has 3 aromatic rings. The molecule has 0 saturated heterocycles. The molecule has 3 N–H and O–H groups in total. The van der Waals surface area contributed by atoms with Gasteiger partial charge in [-0.2, -0.15) is 0 Å². The number of nitrogens with zero attached hydrogens (tertiary/aromatic N) is 3. The fourth-order valence-corrected chi connectivity index (χ4v) is 3.95. The number of carbonyl (C=O) groups is 3. The van der Waals surface area contributed by atoms with Gasteiger partial charge in [-0.1, -0.05) is 48.5 Å². The van der Waals surface area contributed by atoms with Crippen LogP contribution in [-0.4, -0.2) is 58.4 Å². The summed E-state index contributed by atoms with van der Waals surface area (Å²) in [5.41, 5.74) is 2.69. The van der Waals surface area contributed by atoms with Crippen LogP contribution in [0.25, 0.3) is 0 Å². The lowest BCUT2D eigenvalue weighted by Gasteiger charge is -2.25. The number of carbonyl (C=O) groups excluding carboxylic acids is 3. The Hall–Kier alpha value is -4.47. The molecule has 0 fully saturated rings. The Morgan fingerprint density at radius 3 is 2.49 bits per heavy atom. The van der Waals surface area contributed by atoms with Gasteiger partial charge in [0.25, 0.3) is 5.91 Å². The van der Waals surface area contributed by atoms with Crippen LogP contribution in [-0.2, 0) is 20.7 Å². The van der Waals surface area contributed by atoms with E-state index in [0.29, 0.717) is 17.1 Å². The lowest BCUT2D eigenvalue weighted by Crippen LogP contribution is -2.54. The molecule has 2 aromatic carbocycles. The van der Waals surface area contributed by atoms with Crippen molar-refractivity contribution in [1.29, 1.82) is 0 Å². The van der Waals surface area contributed by atoms with Gasteiger partial charge in [0.15, 0.2) is 0 Å². The predicted molar refractivity (Wildman–Crippen MR) is 139 cm³/mol. The number of para-hydroxylation sites is 1. The number of benzodiazepines with no additional fused rings is 1. The maximum Gasteiger partial charge on any atom is 0.408 e. The van der Waals surface area contributed by atoms with Crippen molar-refractivity contribution in [2.24, 2.45) is 4.99 Å². The zero-order valence-electron chi connectivity index (χ0n) is 21.2. The molecule has 10 nitrogen and oxygen atoms in total. The summed E-state index contributed by atoms with van der Waals surface area (Å²) in [7, 11) is 1.64. The number of hydrogen-bond donors (Lipinski definition) is 3. The number of hydrogen-bond acceptors (Lipinski definition) is 6. The van der Waals surface area contributed by atoms with E-state index in [1.165, 1.54) is 11.2 Å². The fourth-order valence-electron chi connectivity index (χ4n) is 3.95. The summed E-state index contributed by atoms with van der Waals surface area (Å²) in [4.78, 5) is 52.5. The molecule has 1 aromatic heterocycles. The number of amides is 3. The highest BCUT2D eigenvalue weighted by atomic mass is 16.6. The molecule has 2 unspecified atom stereocenters. The Bertz CT molecular complexity index is 1300. The van der Waals surface area contributed by atoms with Crippen LogP contribution >= 0.6 is 0 Å². The number of benzene rings is 2. The fraction of sp³-hybridized carbons (Fsp3) is 0.296. The minimum absolute atomic E-state index is 0.108. The molecule has 0 saturated carbocycles. The van der Waals surface area contributed by atoms with Crippen molar-refractivity contribution in [3.8, 4) is 0 Å². The van der Waals surface area contributed by atoms with E-state index < -0.39 is 35.7 Å². The van der Waals surface area contributed by atoms with E-state index in [2.05, 4.69) is 20.6 Å². The molecule has 2 atom stereocenters. The number of H-pyrrole nitrogens is 1. The topological polar surface area (TPSA) is 129 Å². The Balaban J connectivity index is 1.65. The van der Waals surface area contributed by atoms with Crippen molar-refractivity contribution >= 4 is 29.3 Å². The number of nitrogens with one attached hydrogen (secondary N) is 3. The van der Waals surface area contributed by atoms with Crippen molar-refractivity contribution in [2.45, 2.75) is 45.0 Å². The molecule has 0 aliphatic carbocycles. The number of likely N-dealkylation sites (N-methyl/N-ethyl adjacent to an activating group) is 1. The number of anilines is 1. The van der Waals surface area contributed by atoms with E-state index in [0.717, 1.165) is 11.1 Å². The highest BCUT2D eigenvalue weighted by Crippen LogP contribution is 2.27. The first-order chi connectivity index (χ1) is 17.6. The first-order valence-corrected chi connectivity index (χ1v) is 11.9. The highest BCUT2D eigenvalue weighted by molar-refractivity contribution is 6.20. The van der Waals surface area contributed by atoms with E-state index in [9.17, 15) is 14.4 Å².